The lowest BCUT2D eigenvalue weighted by Gasteiger charge is -2.28. The van der Waals surface area contributed by atoms with Gasteiger partial charge in [-0.3, -0.25) is 0 Å². The van der Waals surface area contributed by atoms with E-state index in [2.05, 4.69) is 237 Å². The molecule has 3 nitrogen and oxygen atoms in total. The third-order valence-corrected chi connectivity index (χ3v) is 12.8. The van der Waals surface area contributed by atoms with Gasteiger partial charge in [0.05, 0.1) is 0 Å². The van der Waals surface area contributed by atoms with E-state index in [4.69, 9.17) is 0 Å². The van der Waals surface area contributed by atoms with E-state index < -0.39 is 0 Å². The number of para-hydroxylation sites is 3. The predicted octanol–water partition coefficient (Wildman–Crippen LogP) is 14.6. The van der Waals surface area contributed by atoms with Crippen LogP contribution in [-0.4, -0.2) is 0 Å². The summed E-state index contributed by atoms with van der Waals surface area (Å²) < 4.78 is 2.25. The van der Waals surface area contributed by atoms with E-state index in [-0.39, 0.29) is 10.8 Å². The second kappa shape index (κ2) is 14.3. The van der Waals surface area contributed by atoms with Crippen molar-refractivity contribution in [3.05, 3.63) is 211 Å². The number of anilines is 6. The average molecular weight is 765 g/mol. The molecule has 2 aliphatic rings. The van der Waals surface area contributed by atoms with Crippen LogP contribution in [0.25, 0.3) is 33.4 Å². The van der Waals surface area contributed by atoms with Crippen LogP contribution in [0.3, 0.4) is 0 Å². The van der Waals surface area contributed by atoms with Crippen LogP contribution in [0.15, 0.2) is 188 Å². The largest absolute Gasteiger partial charge is 0.310 e. The molecule has 0 saturated carbocycles. The Hall–Kier alpha value is -6.71. The second-order valence-corrected chi connectivity index (χ2v) is 17.2. The lowest BCUT2D eigenvalue weighted by molar-refractivity contribution is -0.696. The van der Waals surface area contributed by atoms with Crippen molar-refractivity contribution in [1.29, 1.82) is 0 Å². The first-order chi connectivity index (χ1) is 28.7. The third kappa shape index (κ3) is 6.15. The Labute approximate surface area is 349 Å². The molecule has 8 aromatic rings. The number of rotatable bonds is 9. The van der Waals surface area contributed by atoms with Crippen molar-refractivity contribution in [3.8, 4) is 33.4 Å². The van der Waals surface area contributed by atoms with Gasteiger partial charge < -0.3 is 9.80 Å². The van der Waals surface area contributed by atoms with E-state index in [1.165, 1.54) is 61.3 Å². The molecule has 0 bridgehead atoms. The van der Waals surface area contributed by atoms with Crippen molar-refractivity contribution in [2.45, 2.75) is 58.4 Å². The van der Waals surface area contributed by atoms with Crippen molar-refractivity contribution in [3.63, 3.8) is 0 Å². The number of nitrogens with zero attached hydrogens (tertiary/aromatic N) is 3. The molecular weight excluding hydrogens is 715 g/mol. The normalized spacial score (nSPS) is 13.9. The lowest BCUT2D eigenvalue weighted by Crippen LogP contribution is -2.31. The quantitative estimate of drug-likeness (QED) is 0.136. The summed E-state index contributed by atoms with van der Waals surface area (Å²) in [7, 11) is 0. The van der Waals surface area contributed by atoms with E-state index in [1.54, 1.807) is 0 Å². The molecule has 0 spiro atoms. The van der Waals surface area contributed by atoms with Crippen LogP contribution in [0.1, 0.15) is 63.3 Å². The van der Waals surface area contributed by atoms with Gasteiger partial charge in [-0.25, -0.2) is 4.57 Å². The highest BCUT2D eigenvalue weighted by molar-refractivity contribution is 5.92. The zero-order valence-electron chi connectivity index (χ0n) is 34.7. The van der Waals surface area contributed by atoms with Gasteiger partial charge in [0.2, 0.25) is 0 Å². The molecule has 10 rings (SSSR count). The first-order valence-corrected chi connectivity index (χ1v) is 21.1. The van der Waals surface area contributed by atoms with Crippen LogP contribution < -0.4 is 14.4 Å². The second-order valence-electron chi connectivity index (χ2n) is 17.2. The van der Waals surface area contributed by atoms with Gasteiger partial charge in [-0.15, -0.1) is 0 Å². The summed E-state index contributed by atoms with van der Waals surface area (Å²) in [5.74, 6) is 0. The van der Waals surface area contributed by atoms with Gasteiger partial charge >= 0.3 is 0 Å². The average Bonchev–Trinajstić information content (AvgIpc) is 3.63. The highest BCUT2D eigenvalue weighted by Crippen LogP contribution is 2.57. The number of fused-ring (bicyclic) bond motifs is 6. The fourth-order valence-corrected chi connectivity index (χ4v) is 9.70. The van der Waals surface area contributed by atoms with Gasteiger partial charge in [-0.05, 0) is 141 Å². The number of aromatic nitrogens is 1. The van der Waals surface area contributed by atoms with Crippen LogP contribution in [0.4, 0.5) is 34.1 Å². The minimum absolute atomic E-state index is 0.172. The van der Waals surface area contributed by atoms with Crippen molar-refractivity contribution in [2.75, 3.05) is 9.80 Å². The summed E-state index contributed by atoms with van der Waals surface area (Å²) in [5, 5.41) is 0. The highest BCUT2D eigenvalue weighted by atomic mass is 15.1. The van der Waals surface area contributed by atoms with Gasteiger partial charge in [-0.2, -0.15) is 0 Å². The Balaban J connectivity index is 1.02. The zero-order chi connectivity index (χ0) is 40.3. The maximum Gasteiger partial charge on any atom is 0.169 e. The maximum absolute atomic E-state index is 2.52. The Morgan fingerprint density at radius 1 is 0.373 bits per heavy atom. The zero-order valence-corrected chi connectivity index (χ0v) is 34.7. The van der Waals surface area contributed by atoms with Crippen molar-refractivity contribution in [1.82, 2.24) is 0 Å². The van der Waals surface area contributed by atoms with Gasteiger partial charge in [0.15, 0.2) is 12.4 Å². The third-order valence-electron chi connectivity index (χ3n) is 12.8. The molecule has 288 valence electrons. The van der Waals surface area contributed by atoms with Crippen LogP contribution in [0.5, 0.6) is 0 Å². The number of hydrogen-bond donors (Lipinski definition) is 0. The van der Waals surface area contributed by atoms with Crippen LogP contribution in [-0.2, 0) is 17.4 Å². The first kappa shape index (κ1) is 36.6. The van der Waals surface area contributed by atoms with E-state index in [9.17, 15) is 0 Å². The summed E-state index contributed by atoms with van der Waals surface area (Å²) in [6, 6.07) is 64.9. The van der Waals surface area contributed by atoms with E-state index in [1.807, 2.05) is 0 Å². The monoisotopic (exact) mass is 764 g/mol. The van der Waals surface area contributed by atoms with E-state index in [0.717, 1.165) is 41.4 Å². The summed E-state index contributed by atoms with van der Waals surface area (Å²) in [5.41, 5.74) is 19.9. The number of aryl methyl sites for hydroxylation is 1. The van der Waals surface area contributed by atoms with E-state index in [0.29, 0.717) is 0 Å². The van der Waals surface area contributed by atoms with Crippen molar-refractivity contribution >= 4 is 34.1 Å². The molecule has 0 aliphatic heterocycles. The molecule has 0 radical (unpaired) electrons. The summed E-state index contributed by atoms with van der Waals surface area (Å²) in [4.78, 5) is 4.77. The minimum Gasteiger partial charge on any atom is -0.310 e. The fraction of sp³-hybridized carbons (Fsp3) is 0.161. The SMILES string of the molecule is CCC[n+]1ccc(-c2ccc(N(c3ccccc3)c3ccc4c(c3)C(C)(C)c3cc5c(cc3-4)C(C)(C)c3cc(N(c4ccccc4)c4ccccc4)ccc3-5)cc2)cc1. The Bertz CT molecular complexity index is 2760. The molecule has 0 unspecified atom stereocenters. The van der Waals surface area contributed by atoms with Crippen LogP contribution >= 0.6 is 0 Å². The molecule has 0 fully saturated rings. The van der Waals surface area contributed by atoms with Gasteiger partial charge in [0.25, 0.3) is 0 Å². The smallest absolute Gasteiger partial charge is 0.169 e. The van der Waals surface area contributed by atoms with Crippen molar-refractivity contribution < 1.29 is 4.57 Å². The highest BCUT2D eigenvalue weighted by Gasteiger charge is 2.42. The fourth-order valence-electron chi connectivity index (χ4n) is 9.70. The molecule has 3 heteroatoms. The number of hydrogen-bond acceptors (Lipinski definition) is 2. The molecular formula is C56H50N3+. The Morgan fingerprint density at radius 3 is 1.14 bits per heavy atom. The molecule has 0 atom stereocenters. The summed E-state index contributed by atoms with van der Waals surface area (Å²) in [6.45, 7) is 12.9. The topological polar surface area (TPSA) is 10.4 Å². The maximum atomic E-state index is 2.52. The van der Waals surface area contributed by atoms with E-state index >= 15 is 0 Å². The molecule has 0 saturated heterocycles. The minimum atomic E-state index is -0.186. The Kier molecular flexibility index (Phi) is 8.87. The molecule has 2 aliphatic carbocycles. The summed E-state index contributed by atoms with van der Waals surface area (Å²) >= 11 is 0. The van der Waals surface area contributed by atoms with Crippen LogP contribution in [0.2, 0.25) is 0 Å². The lowest BCUT2D eigenvalue weighted by atomic mass is 9.79. The first-order valence-electron chi connectivity index (χ1n) is 21.1. The molecule has 7 aromatic carbocycles. The molecule has 0 N–H and O–H groups in total. The van der Waals surface area contributed by atoms with Gasteiger partial charge in [-0.1, -0.05) is 113 Å². The Morgan fingerprint density at radius 2 is 0.729 bits per heavy atom. The summed E-state index contributed by atoms with van der Waals surface area (Å²) in [6.07, 6.45) is 5.49. The van der Waals surface area contributed by atoms with Gasteiger partial charge in [0.1, 0.15) is 6.54 Å². The van der Waals surface area contributed by atoms with Crippen LogP contribution in [0, 0.1) is 0 Å². The molecule has 1 heterocycles. The molecule has 59 heavy (non-hydrogen) atoms. The predicted molar refractivity (Wildman–Crippen MR) is 247 cm³/mol. The van der Waals surface area contributed by atoms with Crippen molar-refractivity contribution in [2.24, 2.45) is 0 Å². The van der Waals surface area contributed by atoms with Gasteiger partial charge in [0, 0.05) is 63.5 Å². The standard InChI is InChI=1S/C56H50N3/c1-6-32-57-33-30-40(31-34-57)39-22-24-44(25-23-39)59(43-20-14-9-15-21-43)46-27-29-48-50-38-53-49(37-54(50)56(4,5)52(48)36-46)47-28-26-45(35-51(47)55(53,2)3)58(41-16-10-7-11-17-41)42-18-12-8-13-19-42/h7-31,33-38H,6,32H2,1-5H3/q+1. The number of benzene rings is 7. The molecule has 1 aromatic heterocycles. The number of pyridine rings is 1. The molecule has 0 amide bonds.